The first kappa shape index (κ1) is 9.19. The molecule has 66 valence electrons. The molecule has 0 amide bonds. The zero-order valence-corrected chi connectivity index (χ0v) is 6.98. The van der Waals surface area contributed by atoms with Gasteiger partial charge in [-0.3, -0.25) is 0 Å². The normalized spacial score (nSPS) is 10.8. The van der Waals surface area contributed by atoms with Gasteiger partial charge in [0.25, 0.3) is 5.69 Å². The summed E-state index contributed by atoms with van der Waals surface area (Å²) in [6.07, 6.45) is -1.82. The largest absolute Gasteiger partial charge is 0.618 e. The number of nitrogens with zero attached hydrogens (tertiary/aromatic N) is 1. The summed E-state index contributed by atoms with van der Waals surface area (Å²) >= 11 is 5.54. The first-order valence-electron chi connectivity index (χ1n) is 3.20. The Morgan fingerprint density at radius 2 is 2.17 bits per heavy atom. The highest BCUT2D eigenvalue weighted by atomic mass is 35.5. The summed E-state index contributed by atoms with van der Waals surface area (Å²) in [6, 6.07) is 1.29. The van der Waals surface area contributed by atoms with Crippen molar-refractivity contribution in [3.05, 3.63) is 33.8 Å². The fraction of sp³-hybridized carbons (Fsp3) is 0.286. The monoisotopic (exact) mass is 193 g/mol. The summed E-state index contributed by atoms with van der Waals surface area (Å²) in [5.74, 6) is 0. The molecule has 0 fully saturated rings. The van der Waals surface area contributed by atoms with Gasteiger partial charge in [0.05, 0.1) is 5.02 Å². The molecule has 5 heteroatoms. The second kappa shape index (κ2) is 3.23. The molecule has 0 aliphatic rings. The van der Waals surface area contributed by atoms with Crippen LogP contribution < -0.4 is 4.73 Å². The van der Waals surface area contributed by atoms with Crippen molar-refractivity contribution in [1.29, 1.82) is 0 Å². The Hall–Kier alpha value is -0.900. The summed E-state index contributed by atoms with van der Waals surface area (Å²) in [4.78, 5) is 0. The van der Waals surface area contributed by atoms with Crippen LogP contribution in [0.25, 0.3) is 0 Å². The fourth-order valence-electron chi connectivity index (χ4n) is 0.886. The van der Waals surface area contributed by atoms with Gasteiger partial charge in [0.1, 0.15) is 0 Å². The van der Waals surface area contributed by atoms with Gasteiger partial charge in [0.2, 0.25) is 0 Å². The van der Waals surface area contributed by atoms with Crippen LogP contribution in [-0.4, -0.2) is 0 Å². The van der Waals surface area contributed by atoms with Crippen LogP contribution in [0.3, 0.4) is 0 Å². The van der Waals surface area contributed by atoms with Gasteiger partial charge in [-0.1, -0.05) is 11.6 Å². The maximum Gasteiger partial charge on any atom is 0.322 e. The third-order valence-electron chi connectivity index (χ3n) is 1.54. The van der Waals surface area contributed by atoms with E-state index in [1.165, 1.54) is 13.0 Å². The van der Waals surface area contributed by atoms with E-state index in [-0.39, 0.29) is 15.3 Å². The second-order valence-corrected chi connectivity index (χ2v) is 2.71. The van der Waals surface area contributed by atoms with E-state index in [0.717, 1.165) is 6.20 Å². The summed E-state index contributed by atoms with van der Waals surface area (Å²) < 4.78 is 24.5. The third kappa shape index (κ3) is 1.48. The maximum atomic E-state index is 12.2. The average Bonchev–Trinajstić information content (AvgIpc) is 1.97. The van der Waals surface area contributed by atoms with E-state index in [1.807, 2.05) is 0 Å². The van der Waals surface area contributed by atoms with Crippen molar-refractivity contribution in [2.75, 3.05) is 0 Å². The summed E-state index contributed by atoms with van der Waals surface area (Å²) in [7, 11) is 0. The van der Waals surface area contributed by atoms with E-state index in [1.54, 1.807) is 0 Å². The van der Waals surface area contributed by atoms with Crippen molar-refractivity contribution in [2.24, 2.45) is 0 Å². The molecule has 0 radical (unpaired) electrons. The van der Waals surface area contributed by atoms with E-state index in [0.29, 0.717) is 0 Å². The highest BCUT2D eigenvalue weighted by Gasteiger charge is 2.22. The lowest BCUT2D eigenvalue weighted by Gasteiger charge is -2.06. The van der Waals surface area contributed by atoms with Gasteiger partial charge >= 0.3 is 6.43 Å². The molecule has 0 aromatic carbocycles. The molecule has 1 aromatic rings. The third-order valence-corrected chi connectivity index (χ3v) is 1.95. The van der Waals surface area contributed by atoms with Gasteiger partial charge in [-0.05, 0) is 6.92 Å². The quantitative estimate of drug-likeness (QED) is 0.496. The van der Waals surface area contributed by atoms with Gasteiger partial charge in [0.15, 0.2) is 6.20 Å². The number of halogens is 3. The van der Waals surface area contributed by atoms with Crippen LogP contribution >= 0.6 is 11.6 Å². The van der Waals surface area contributed by atoms with Crippen LogP contribution in [-0.2, 0) is 0 Å². The molecule has 0 atom stereocenters. The molecule has 0 N–H and O–H groups in total. The maximum absolute atomic E-state index is 12.2. The number of rotatable bonds is 1. The zero-order chi connectivity index (χ0) is 9.30. The Balaban J connectivity index is 3.33. The zero-order valence-electron chi connectivity index (χ0n) is 6.22. The number of aromatic nitrogens is 1. The smallest absolute Gasteiger partial charge is 0.322 e. The number of alkyl halides is 2. The fourth-order valence-corrected chi connectivity index (χ4v) is 1.04. The first-order valence-corrected chi connectivity index (χ1v) is 3.58. The Kier molecular flexibility index (Phi) is 2.47. The van der Waals surface area contributed by atoms with Crippen LogP contribution in [0.4, 0.5) is 8.78 Å². The van der Waals surface area contributed by atoms with E-state index in [2.05, 4.69) is 0 Å². The van der Waals surface area contributed by atoms with Crippen LogP contribution in [0.2, 0.25) is 5.02 Å². The average molecular weight is 194 g/mol. The molecule has 1 aromatic heterocycles. The molecule has 0 bridgehead atoms. The lowest BCUT2D eigenvalue weighted by atomic mass is 10.2. The predicted octanol–water partition coefficient (Wildman–Crippen LogP) is 2.22. The number of hydrogen-bond donors (Lipinski definition) is 0. The molecule has 0 saturated carbocycles. The van der Waals surface area contributed by atoms with Gasteiger partial charge in [-0.15, -0.1) is 0 Å². The number of hydrogen-bond acceptors (Lipinski definition) is 1. The van der Waals surface area contributed by atoms with Crippen LogP contribution in [0, 0.1) is 12.1 Å². The van der Waals surface area contributed by atoms with Crippen LogP contribution in [0.1, 0.15) is 17.7 Å². The first-order chi connectivity index (χ1) is 5.54. The SMILES string of the molecule is Cc1c(Cl)cc[n+]([O-])c1C(F)F. The minimum atomic E-state index is -2.79. The number of pyridine rings is 1. The molecule has 12 heavy (non-hydrogen) atoms. The minimum absolute atomic E-state index is 0.129. The van der Waals surface area contributed by atoms with E-state index in [4.69, 9.17) is 11.6 Å². The van der Waals surface area contributed by atoms with Crippen molar-refractivity contribution in [1.82, 2.24) is 0 Å². The molecule has 0 aliphatic carbocycles. The van der Waals surface area contributed by atoms with E-state index in [9.17, 15) is 14.0 Å². The molecule has 2 nitrogen and oxygen atoms in total. The summed E-state index contributed by atoms with van der Waals surface area (Å²) in [6.45, 7) is 1.39. The molecular formula is C7H6ClF2NO. The second-order valence-electron chi connectivity index (χ2n) is 2.30. The van der Waals surface area contributed by atoms with Gasteiger partial charge < -0.3 is 5.21 Å². The highest BCUT2D eigenvalue weighted by molar-refractivity contribution is 6.31. The van der Waals surface area contributed by atoms with Gasteiger partial charge in [-0.2, -0.15) is 13.5 Å². The summed E-state index contributed by atoms with van der Waals surface area (Å²) in [5, 5.41) is 11.0. The molecule has 1 rings (SSSR count). The molecule has 1 heterocycles. The van der Waals surface area contributed by atoms with Crippen molar-refractivity contribution in [3.63, 3.8) is 0 Å². The van der Waals surface area contributed by atoms with E-state index < -0.39 is 12.1 Å². The van der Waals surface area contributed by atoms with Crippen molar-refractivity contribution in [2.45, 2.75) is 13.3 Å². The van der Waals surface area contributed by atoms with E-state index >= 15 is 0 Å². The summed E-state index contributed by atoms with van der Waals surface area (Å²) in [5.41, 5.74) is -0.452. The van der Waals surface area contributed by atoms with Crippen molar-refractivity contribution >= 4 is 11.6 Å². The topological polar surface area (TPSA) is 26.9 Å². The molecule has 0 saturated heterocycles. The Bertz CT molecular complexity index is 304. The predicted molar refractivity (Wildman–Crippen MR) is 40.1 cm³/mol. The minimum Gasteiger partial charge on any atom is -0.618 e. The van der Waals surface area contributed by atoms with Crippen molar-refractivity contribution in [3.8, 4) is 0 Å². The standard InChI is InChI=1S/C7H6ClF2NO/c1-4-5(8)2-3-11(12)6(4)7(9)10/h2-3,7H,1H3. The Morgan fingerprint density at radius 3 is 2.58 bits per heavy atom. The molecule has 0 spiro atoms. The molecule has 0 unspecified atom stereocenters. The lowest BCUT2D eigenvalue weighted by Crippen LogP contribution is -2.32. The van der Waals surface area contributed by atoms with Crippen molar-refractivity contribution < 1.29 is 13.5 Å². The van der Waals surface area contributed by atoms with Gasteiger partial charge in [-0.25, -0.2) is 0 Å². The Morgan fingerprint density at radius 1 is 1.58 bits per heavy atom. The highest BCUT2D eigenvalue weighted by Crippen LogP contribution is 2.23. The molecular weight excluding hydrogens is 188 g/mol. The van der Waals surface area contributed by atoms with Gasteiger partial charge in [0, 0.05) is 11.6 Å². The lowest BCUT2D eigenvalue weighted by molar-refractivity contribution is -0.620. The van der Waals surface area contributed by atoms with Crippen LogP contribution in [0.5, 0.6) is 0 Å². The van der Waals surface area contributed by atoms with Crippen LogP contribution in [0.15, 0.2) is 12.3 Å². The Labute approximate surface area is 73.0 Å². The molecule has 0 aliphatic heterocycles.